The van der Waals surface area contributed by atoms with Gasteiger partial charge < -0.3 is 20.3 Å². The zero-order valence-corrected chi connectivity index (χ0v) is 19.4. The molecule has 1 aromatic carbocycles. The minimum Gasteiger partial charge on any atom is -0.433 e. The van der Waals surface area contributed by atoms with Crippen molar-refractivity contribution in [2.24, 2.45) is 4.99 Å². The summed E-state index contributed by atoms with van der Waals surface area (Å²) >= 11 is 0. The van der Waals surface area contributed by atoms with Crippen LogP contribution < -0.4 is 20.3 Å². The molecule has 2 aliphatic rings. The Hall–Kier alpha value is -1.36. The van der Waals surface area contributed by atoms with Gasteiger partial charge in [-0.2, -0.15) is 8.78 Å². The molecule has 1 aromatic rings. The van der Waals surface area contributed by atoms with Crippen LogP contribution in [0.1, 0.15) is 26.2 Å². The van der Waals surface area contributed by atoms with E-state index in [0.29, 0.717) is 11.7 Å². The zero-order valence-electron chi connectivity index (χ0n) is 17.1. The number of hydrogen-bond donors (Lipinski definition) is 2. The van der Waals surface area contributed by atoms with Gasteiger partial charge in [-0.25, -0.2) is 0 Å². The van der Waals surface area contributed by atoms with Crippen molar-refractivity contribution < 1.29 is 13.5 Å². The number of guanidine groups is 1. The van der Waals surface area contributed by atoms with Gasteiger partial charge in [-0.3, -0.25) is 9.89 Å². The van der Waals surface area contributed by atoms with E-state index >= 15 is 0 Å². The maximum Gasteiger partial charge on any atom is 0.387 e. The number of nitrogens with one attached hydrogen (secondary N) is 2. The molecular formula is C20H32F2IN5O. The van der Waals surface area contributed by atoms with Gasteiger partial charge in [0.15, 0.2) is 5.96 Å². The van der Waals surface area contributed by atoms with Crippen LogP contribution >= 0.6 is 24.0 Å². The van der Waals surface area contributed by atoms with Crippen LogP contribution in [-0.4, -0.2) is 69.3 Å². The molecule has 2 saturated heterocycles. The van der Waals surface area contributed by atoms with Gasteiger partial charge in [0.05, 0.1) is 5.69 Å². The Bertz CT molecular complexity index is 664. The number of rotatable bonds is 7. The molecular weight excluding hydrogens is 491 g/mol. The number of anilines is 1. The number of benzene rings is 1. The standard InChI is InChI=1S/C20H31F2N5O.HI/c1-3-26-11-6-7-16(26)13-24-20(23-2)25-15-10-12-27(14-15)17-8-4-5-9-18(17)28-19(21)22;/h4-5,8-9,15-16,19H,3,6-7,10-14H2,1-2H3,(H2,23,24,25);1H. The summed E-state index contributed by atoms with van der Waals surface area (Å²) in [6, 6.07) is 7.73. The van der Waals surface area contributed by atoms with Crippen molar-refractivity contribution in [3.05, 3.63) is 24.3 Å². The Labute approximate surface area is 189 Å². The van der Waals surface area contributed by atoms with E-state index in [1.165, 1.54) is 19.4 Å². The number of likely N-dealkylation sites (tertiary alicyclic amines) is 1. The lowest BCUT2D eigenvalue weighted by Gasteiger charge is -2.25. The molecule has 0 spiro atoms. The number of halogens is 3. The second-order valence-corrected chi connectivity index (χ2v) is 7.30. The number of ether oxygens (including phenoxy) is 1. The lowest BCUT2D eigenvalue weighted by atomic mass is 10.2. The van der Waals surface area contributed by atoms with E-state index in [0.717, 1.165) is 38.6 Å². The van der Waals surface area contributed by atoms with Crippen molar-refractivity contribution in [1.29, 1.82) is 0 Å². The van der Waals surface area contributed by atoms with E-state index in [2.05, 4.69) is 37.1 Å². The van der Waals surface area contributed by atoms with Crippen molar-refractivity contribution in [2.45, 2.75) is 44.9 Å². The van der Waals surface area contributed by atoms with Crippen molar-refractivity contribution in [1.82, 2.24) is 15.5 Å². The number of alkyl halides is 2. The maximum atomic E-state index is 12.7. The molecule has 2 atom stereocenters. The highest BCUT2D eigenvalue weighted by Crippen LogP contribution is 2.31. The highest BCUT2D eigenvalue weighted by Gasteiger charge is 2.27. The molecule has 6 nitrogen and oxygen atoms in total. The predicted octanol–water partition coefficient (Wildman–Crippen LogP) is 3.13. The van der Waals surface area contributed by atoms with E-state index in [4.69, 9.17) is 0 Å². The number of nitrogens with zero attached hydrogens (tertiary/aromatic N) is 3. The molecule has 3 rings (SSSR count). The van der Waals surface area contributed by atoms with Gasteiger partial charge in [0.2, 0.25) is 0 Å². The predicted molar refractivity (Wildman–Crippen MR) is 124 cm³/mol. The first kappa shape index (κ1) is 23.9. The topological polar surface area (TPSA) is 52.1 Å². The highest BCUT2D eigenvalue weighted by atomic mass is 127. The summed E-state index contributed by atoms with van der Waals surface area (Å²) in [5, 5.41) is 6.92. The van der Waals surface area contributed by atoms with E-state index in [9.17, 15) is 8.78 Å². The quantitative estimate of drug-likeness (QED) is 0.327. The van der Waals surface area contributed by atoms with Crippen LogP contribution in [0.15, 0.2) is 29.3 Å². The number of likely N-dealkylation sites (N-methyl/N-ethyl adjacent to an activating group) is 1. The van der Waals surface area contributed by atoms with Crippen LogP contribution in [0.5, 0.6) is 5.75 Å². The maximum absolute atomic E-state index is 12.7. The number of aliphatic imine (C=N–C) groups is 1. The van der Waals surface area contributed by atoms with Crippen molar-refractivity contribution in [3.8, 4) is 5.75 Å². The SMILES string of the molecule is CCN1CCCC1CNC(=NC)NC1CCN(c2ccccc2OC(F)F)C1.I. The Morgan fingerprint density at radius 1 is 1.28 bits per heavy atom. The summed E-state index contributed by atoms with van der Waals surface area (Å²) in [6.45, 7) is 4.02. The average molecular weight is 523 g/mol. The van der Waals surface area contributed by atoms with Crippen LogP contribution in [-0.2, 0) is 0 Å². The summed E-state index contributed by atoms with van der Waals surface area (Å²) in [5.41, 5.74) is 0.708. The molecule has 29 heavy (non-hydrogen) atoms. The Kier molecular flexibility index (Phi) is 9.67. The van der Waals surface area contributed by atoms with E-state index in [1.807, 2.05) is 12.1 Å². The van der Waals surface area contributed by atoms with E-state index in [1.54, 1.807) is 19.2 Å². The van der Waals surface area contributed by atoms with E-state index < -0.39 is 6.61 Å². The Balaban J connectivity index is 0.00000300. The fraction of sp³-hybridized carbons (Fsp3) is 0.650. The van der Waals surface area contributed by atoms with Crippen LogP contribution in [0.2, 0.25) is 0 Å². The Morgan fingerprint density at radius 2 is 2.07 bits per heavy atom. The molecule has 0 bridgehead atoms. The summed E-state index contributed by atoms with van der Waals surface area (Å²) < 4.78 is 30.0. The molecule has 2 fully saturated rings. The van der Waals surface area contributed by atoms with Crippen LogP contribution in [0.3, 0.4) is 0 Å². The third-order valence-electron chi connectivity index (χ3n) is 5.59. The second kappa shape index (κ2) is 11.7. The first-order valence-corrected chi connectivity index (χ1v) is 10.1. The van der Waals surface area contributed by atoms with Gasteiger partial charge in [-0.05, 0) is 44.5 Å². The fourth-order valence-corrected chi connectivity index (χ4v) is 4.16. The molecule has 2 unspecified atom stereocenters. The fourth-order valence-electron chi connectivity index (χ4n) is 4.16. The van der Waals surface area contributed by atoms with Crippen LogP contribution in [0, 0.1) is 0 Å². The average Bonchev–Trinajstić information content (AvgIpc) is 3.34. The van der Waals surface area contributed by atoms with Crippen molar-refractivity contribution in [3.63, 3.8) is 0 Å². The summed E-state index contributed by atoms with van der Waals surface area (Å²) in [6.07, 6.45) is 3.38. The monoisotopic (exact) mass is 523 g/mol. The lowest BCUT2D eigenvalue weighted by molar-refractivity contribution is -0.0495. The molecule has 2 heterocycles. The van der Waals surface area contributed by atoms with Gasteiger partial charge in [-0.15, -0.1) is 24.0 Å². The number of hydrogen-bond acceptors (Lipinski definition) is 4. The highest BCUT2D eigenvalue weighted by molar-refractivity contribution is 14.0. The minimum atomic E-state index is -2.82. The van der Waals surface area contributed by atoms with Crippen molar-refractivity contribution >= 4 is 35.6 Å². The van der Waals surface area contributed by atoms with Gasteiger partial charge in [-0.1, -0.05) is 19.1 Å². The Morgan fingerprint density at radius 3 is 2.79 bits per heavy atom. The van der Waals surface area contributed by atoms with E-state index in [-0.39, 0.29) is 35.8 Å². The first-order valence-electron chi connectivity index (χ1n) is 10.1. The third-order valence-corrected chi connectivity index (χ3v) is 5.59. The smallest absolute Gasteiger partial charge is 0.387 e. The zero-order chi connectivity index (χ0) is 19.9. The molecule has 9 heteroatoms. The minimum absolute atomic E-state index is 0. The summed E-state index contributed by atoms with van der Waals surface area (Å²) in [4.78, 5) is 8.93. The third kappa shape index (κ3) is 6.56. The van der Waals surface area contributed by atoms with Gasteiger partial charge in [0, 0.05) is 38.8 Å². The summed E-state index contributed by atoms with van der Waals surface area (Å²) in [7, 11) is 1.78. The normalized spacial score (nSPS) is 22.7. The first-order chi connectivity index (χ1) is 13.6. The van der Waals surface area contributed by atoms with Gasteiger partial charge in [0.25, 0.3) is 0 Å². The van der Waals surface area contributed by atoms with Crippen LogP contribution in [0.4, 0.5) is 14.5 Å². The molecule has 0 saturated carbocycles. The van der Waals surface area contributed by atoms with Crippen molar-refractivity contribution in [2.75, 3.05) is 44.7 Å². The molecule has 0 amide bonds. The molecule has 0 aromatic heterocycles. The largest absolute Gasteiger partial charge is 0.433 e. The van der Waals surface area contributed by atoms with Gasteiger partial charge >= 0.3 is 6.61 Å². The summed E-state index contributed by atoms with van der Waals surface area (Å²) in [5.74, 6) is 1.02. The molecule has 0 aliphatic carbocycles. The molecule has 0 radical (unpaired) electrons. The second-order valence-electron chi connectivity index (χ2n) is 7.30. The molecule has 164 valence electrons. The lowest BCUT2D eigenvalue weighted by Crippen LogP contribution is -2.48. The molecule has 2 aliphatic heterocycles. The number of para-hydroxylation sites is 2. The van der Waals surface area contributed by atoms with Crippen LogP contribution in [0.25, 0.3) is 0 Å². The molecule has 2 N–H and O–H groups in total. The van der Waals surface area contributed by atoms with Gasteiger partial charge in [0.1, 0.15) is 5.75 Å².